The molecule has 0 bridgehead atoms. The van der Waals surface area contributed by atoms with Crippen LogP contribution in [0.15, 0.2) is 53.7 Å². The van der Waals surface area contributed by atoms with E-state index in [0.717, 1.165) is 5.23 Å². The lowest BCUT2D eigenvalue weighted by Gasteiger charge is -2.08. The van der Waals surface area contributed by atoms with Gasteiger partial charge in [-0.1, -0.05) is 5.16 Å². The van der Waals surface area contributed by atoms with Gasteiger partial charge in [-0.15, -0.1) is 0 Å². The second-order valence-electron chi connectivity index (χ2n) is 5.63. The minimum Gasteiger partial charge on any atom is -0.497 e. The van der Waals surface area contributed by atoms with Gasteiger partial charge in [-0.3, -0.25) is 14.5 Å². The quantitative estimate of drug-likeness (QED) is 0.579. The second kappa shape index (κ2) is 5.94. The zero-order valence-corrected chi connectivity index (χ0v) is 14.0. The van der Waals surface area contributed by atoms with E-state index >= 15 is 0 Å². The van der Waals surface area contributed by atoms with Crippen LogP contribution in [0.2, 0.25) is 0 Å². The summed E-state index contributed by atoms with van der Waals surface area (Å²) in [6.07, 6.45) is 0. The Hall–Kier alpha value is -3.23. The van der Waals surface area contributed by atoms with Gasteiger partial charge in [0.05, 0.1) is 19.4 Å². The SMILES string of the molecule is COc1ccc(C(=O)C2=NON3OC23C(=O)c2ccc(OC)cc2)cc1. The normalized spacial score (nSPS) is 22.7. The molecule has 0 saturated carbocycles. The molecular formula is C18H14N2O6. The first-order chi connectivity index (χ1) is 12.6. The van der Waals surface area contributed by atoms with E-state index in [9.17, 15) is 9.59 Å². The van der Waals surface area contributed by atoms with Crippen LogP contribution >= 0.6 is 0 Å². The molecule has 0 spiro atoms. The van der Waals surface area contributed by atoms with E-state index in [-0.39, 0.29) is 5.71 Å². The molecule has 2 aliphatic heterocycles. The van der Waals surface area contributed by atoms with E-state index in [1.54, 1.807) is 48.5 Å². The number of benzene rings is 2. The number of hydroxylamine groups is 2. The number of carbonyl (C=O) groups excluding carboxylic acids is 2. The topological polar surface area (TPSA) is 89.7 Å². The Bertz CT molecular complexity index is 906. The first-order valence-electron chi connectivity index (χ1n) is 7.72. The van der Waals surface area contributed by atoms with Crippen molar-refractivity contribution < 1.29 is 28.8 Å². The highest BCUT2D eigenvalue weighted by Crippen LogP contribution is 2.44. The summed E-state index contributed by atoms with van der Waals surface area (Å²) in [5.74, 6) is 0.311. The van der Waals surface area contributed by atoms with Crippen LogP contribution in [0, 0.1) is 0 Å². The third-order valence-electron chi connectivity index (χ3n) is 4.19. The molecule has 1 saturated heterocycles. The predicted molar refractivity (Wildman–Crippen MR) is 88.8 cm³/mol. The number of carbonyl (C=O) groups is 2. The van der Waals surface area contributed by atoms with Gasteiger partial charge in [-0.05, 0) is 48.5 Å². The van der Waals surface area contributed by atoms with Crippen molar-refractivity contribution in [2.75, 3.05) is 14.2 Å². The van der Waals surface area contributed by atoms with E-state index in [1.165, 1.54) is 14.2 Å². The lowest BCUT2D eigenvalue weighted by Crippen LogP contribution is -2.39. The molecule has 2 aromatic rings. The fraction of sp³-hybridized carbons (Fsp3) is 0.167. The Kier molecular flexibility index (Phi) is 3.71. The molecule has 2 atom stereocenters. The molecule has 1 fully saturated rings. The smallest absolute Gasteiger partial charge is 0.319 e. The zero-order valence-electron chi connectivity index (χ0n) is 14.0. The third kappa shape index (κ3) is 2.35. The van der Waals surface area contributed by atoms with Gasteiger partial charge >= 0.3 is 5.72 Å². The van der Waals surface area contributed by atoms with Crippen LogP contribution in [0.3, 0.4) is 0 Å². The van der Waals surface area contributed by atoms with Crippen molar-refractivity contribution in [2.45, 2.75) is 5.72 Å². The molecule has 0 amide bonds. The lowest BCUT2D eigenvalue weighted by atomic mass is 9.93. The Morgan fingerprint density at radius 3 is 1.96 bits per heavy atom. The maximum atomic E-state index is 12.9. The van der Waals surface area contributed by atoms with Crippen LogP contribution in [-0.2, 0) is 9.78 Å². The standard InChI is InChI=1S/C18H14N2O6/c1-23-13-7-3-11(4-8-13)15(21)16-18(20(25-18)26-19-16)17(22)12-5-9-14(24-2)10-6-12/h3-10H,1-2H3. The number of nitrogens with zero attached hydrogens (tertiary/aromatic N) is 2. The molecule has 2 aliphatic rings. The first-order valence-corrected chi connectivity index (χ1v) is 7.72. The van der Waals surface area contributed by atoms with Gasteiger partial charge in [0.25, 0.3) is 0 Å². The highest BCUT2D eigenvalue weighted by atomic mass is 17.1. The Balaban J connectivity index is 1.62. The molecule has 4 rings (SSSR count). The first kappa shape index (κ1) is 16.2. The Morgan fingerprint density at radius 2 is 1.46 bits per heavy atom. The van der Waals surface area contributed by atoms with Gasteiger partial charge < -0.3 is 9.47 Å². The van der Waals surface area contributed by atoms with Gasteiger partial charge in [0, 0.05) is 11.1 Å². The molecule has 0 aliphatic carbocycles. The molecule has 8 nitrogen and oxygen atoms in total. The molecular weight excluding hydrogens is 340 g/mol. The van der Waals surface area contributed by atoms with Gasteiger partial charge in [-0.25, -0.2) is 4.84 Å². The molecule has 8 heteroatoms. The number of ether oxygens (including phenoxy) is 2. The largest absolute Gasteiger partial charge is 0.497 e. The number of rotatable bonds is 6. The highest BCUT2D eigenvalue weighted by molar-refractivity contribution is 6.53. The van der Waals surface area contributed by atoms with Crippen molar-refractivity contribution in [3.63, 3.8) is 0 Å². The number of methoxy groups -OCH3 is 2. The minimum absolute atomic E-state index is 0.122. The number of Topliss-reactive ketones (excluding diaryl/α,β-unsaturated/α-hetero) is 2. The van der Waals surface area contributed by atoms with Crippen molar-refractivity contribution in [3.8, 4) is 11.5 Å². The van der Waals surface area contributed by atoms with Crippen LogP contribution in [0.25, 0.3) is 0 Å². The van der Waals surface area contributed by atoms with E-state index in [2.05, 4.69) is 5.16 Å². The lowest BCUT2D eigenvalue weighted by molar-refractivity contribution is -0.160. The van der Waals surface area contributed by atoms with Crippen molar-refractivity contribution >= 4 is 17.3 Å². The summed E-state index contributed by atoms with van der Waals surface area (Å²) in [4.78, 5) is 35.9. The number of ketones is 2. The van der Waals surface area contributed by atoms with Crippen molar-refractivity contribution in [1.29, 1.82) is 0 Å². The van der Waals surface area contributed by atoms with Crippen molar-refractivity contribution in [3.05, 3.63) is 59.7 Å². The van der Waals surface area contributed by atoms with Crippen LogP contribution < -0.4 is 9.47 Å². The average molecular weight is 354 g/mol. The predicted octanol–water partition coefficient (Wildman–Crippen LogP) is 2.01. The molecule has 0 radical (unpaired) electrons. The van der Waals surface area contributed by atoms with Crippen LogP contribution in [0.1, 0.15) is 20.7 Å². The van der Waals surface area contributed by atoms with E-state index in [1.807, 2.05) is 0 Å². The molecule has 132 valence electrons. The maximum absolute atomic E-state index is 12.9. The fourth-order valence-electron chi connectivity index (χ4n) is 2.69. The van der Waals surface area contributed by atoms with Crippen LogP contribution in [0.5, 0.6) is 11.5 Å². The second-order valence-corrected chi connectivity index (χ2v) is 5.63. The summed E-state index contributed by atoms with van der Waals surface area (Å²) in [7, 11) is 3.06. The summed E-state index contributed by atoms with van der Waals surface area (Å²) in [6.45, 7) is 0. The number of hydrogen-bond acceptors (Lipinski definition) is 8. The van der Waals surface area contributed by atoms with E-state index in [4.69, 9.17) is 19.2 Å². The average Bonchev–Trinajstić information content (AvgIpc) is 3.32. The third-order valence-corrected chi connectivity index (χ3v) is 4.19. The van der Waals surface area contributed by atoms with E-state index in [0.29, 0.717) is 22.6 Å². The van der Waals surface area contributed by atoms with Gasteiger partial charge in [-0.2, -0.15) is 0 Å². The van der Waals surface area contributed by atoms with Gasteiger partial charge in [0.2, 0.25) is 11.6 Å². The van der Waals surface area contributed by atoms with E-state index < -0.39 is 17.3 Å². The molecule has 2 unspecified atom stereocenters. The molecule has 2 aromatic carbocycles. The summed E-state index contributed by atoms with van der Waals surface area (Å²) >= 11 is 0. The fourth-order valence-corrected chi connectivity index (χ4v) is 2.69. The molecule has 0 N–H and O–H groups in total. The Labute approximate surface area is 148 Å². The van der Waals surface area contributed by atoms with Crippen molar-refractivity contribution in [1.82, 2.24) is 5.23 Å². The van der Waals surface area contributed by atoms with Gasteiger partial charge in [0.1, 0.15) is 11.5 Å². The summed E-state index contributed by atoms with van der Waals surface area (Å²) in [6, 6.07) is 12.9. The minimum atomic E-state index is -1.65. The highest BCUT2D eigenvalue weighted by Gasteiger charge is 2.74. The summed E-state index contributed by atoms with van der Waals surface area (Å²) < 4.78 is 10.2. The molecule has 2 heterocycles. The van der Waals surface area contributed by atoms with Crippen LogP contribution in [0.4, 0.5) is 0 Å². The number of oxime groups is 1. The van der Waals surface area contributed by atoms with Gasteiger partial charge in [0.15, 0.2) is 5.71 Å². The monoisotopic (exact) mass is 354 g/mol. The maximum Gasteiger partial charge on any atom is 0.319 e. The molecule has 26 heavy (non-hydrogen) atoms. The number of fused-ring (bicyclic) bond motifs is 1. The Morgan fingerprint density at radius 1 is 0.923 bits per heavy atom. The number of hydrogen-bond donors (Lipinski definition) is 0. The zero-order chi connectivity index (χ0) is 18.3. The van der Waals surface area contributed by atoms with Crippen LogP contribution in [-0.4, -0.2) is 42.4 Å². The summed E-state index contributed by atoms with van der Waals surface area (Å²) in [5, 5.41) is 4.64. The molecule has 0 aromatic heterocycles. The summed E-state index contributed by atoms with van der Waals surface area (Å²) in [5.41, 5.74) is -1.09. The van der Waals surface area contributed by atoms with Crippen molar-refractivity contribution in [2.24, 2.45) is 5.16 Å².